The number of amides is 1. The molecule has 0 aliphatic rings. The molecule has 2 rings (SSSR count). The van der Waals surface area contributed by atoms with E-state index in [-0.39, 0.29) is 23.4 Å². The number of nitrogens with one attached hydrogen (secondary N) is 1. The molecular weight excluding hydrogens is 288 g/mol. The van der Waals surface area contributed by atoms with Crippen molar-refractivity contribution in [3.05, 3.63) is 52.3 Å². The van der Waals surface area contributed by atoms with E-state index in [0.29, 0.717) is 17.9 Å². The van der Waals surface area contributed by atoms with E-state index in [2.05, 4.69) is 5.32 Å². The molecule has 1 atom stereocenters. The van der Waals surface area contributed by atoms with Gasteiger partial charge in [0.1, 0.15) is 5.76 Å². The van der Waals surface area contributed by atoms with Gasteiger partial charge in [0, 0.05) is 30.8 Å². The molecule has 0 saturated carbocycles. The molecule has 1 unspecified atom stereocenters. The zero-order valence-corrected chi connectivity index (χ0v) is 12.2. The fraction of sp³-hybridized carbons (Fsp3) is 0.267. The average Bonchev–Trinajstić information content (AvgIpc) is 2.97. The fourth-order valence-electron chi connectivity index (χ4n) is 1.95. The summed E-state index contributed by atoms with van der Waals surface area (Å²) in [7, 11) is 1.56. The lowest BCUT2D eigenvalue weighted by atomic mass is 10.1. The van der Waals surface area contributed by atoms with Crippen molar-refractivity contribution in [2.45, 2.75) is 13.0 Å². The molecule has 22 heavy (non-hydrogen) atoms. The van der Waals surface area contributed by atoms with Gasteiger partial charge in [0.25, 0.3) is 11.6 Å². The maximum Gasteiger partial charge on any atom is 0.287 e. The van der Waals surface area contributed by atoms with Gasteiger partial charge in [-0.3, -0.25) is 14.9 Å². The van der Waals surface area contributed by atoms with Gasteiger partial charge in [-0.15, -0.1) is 0 Å². The molecule has 7 heteroatoms. The molecule has 1 N–H and O–H groups in total. The second-order valence-electron chi connectivity index (χ2n) is 4.80. The first-order chi connectivity index (χ1) is 10.5. The number of benzene rings is 1. The SMILES string of the molecule is COCC(C)NC(=O)c1ccc(-c2ccc([N+](=O)[O-])cc2)o1. The fourth-order valence-corrected chi connectivity index (χ4v) is 1.95. The van der Waals surface area contributed by atoms with E-state index in [1.807, 2.05) is 6.92 Å². The summed E-state index contributed by atoms with van der Waals surface area (Å²) in [6, 6.07) is 9.00. The van der Waals surface area contributed by atoms with Crippen molar-refractivity contribution in [1.82, 2.24) is 5.32 Å². The number of carbonyl (C=O) groups is 1. The summed E-state index contributed by atoms with van der Waals surface area (Å²) >= 11 is 0. The van der Waals surface area contributed by atoms with Crippen LogP contribution in [0, 0.1) is 10.1 Å². The highest BCUT2D eigenvalue weighted by Gasteiger charge is 2.15. The Bertz CT molecular complexity index is 663. The number of hydrogen-bond acceptors (Lipinski definition) is 5. The monoisotopic (exact) mass is 304 g/mol. The van der Waals surface area contributed by atoms with Crippen LogP contribution in [0.25, 0.3) is 11.3 Å². The van der Waals surface area contributed by atoms with Crippen molar-refractivity contribution in [1.29, 1.82) is 0 Å². The van der Waals surface area contributed by atoms with E-state index in [1.54, 1.807) is 31.4 Å². The van der Waals surface area contributed by atoms with Crippen LogP contribution in [0.5, 0.6) is 0 Å². The summed E-state index contributed by atoms with van der Waals surface area (Å²) in [6.45, 7) is 2.23. The molecule has 0 fully saturated rings. The summed E-state index contributed by atoms with van der Waals surface area (Å²) in [5.74, 6) is 0.313. The van der Waals surface area contributed by atoms with E-state index in [0.717, 1.165) is 0 Å². The Morgan fingerprint density at radius 3 is 2.59 bits per heavy atom. The van der Waals surface area contributed by atoms with Crippen molar-refractivity contribution >= 4 is 11.6 Å². The Balaban J connectivity index is 2.10. The molecule has 1 aromatic carbocycles. The van der Waals surface area contributed by atoms with Crippen LogP contribution in [0.15, 0.2) is 40.8 Å². The van der Waals surface area contributed by atoms with Gasteiger partial charge >= 0.3 is 0 Å². The Morgan fingerprint density at radius 1 is 1.32 bits per heavy atom. The number of non-ortho nitro benzene ring substituents is 1. The highest BCUT2D eigenvalue weighted by molar-refractivity contribution is 5.92. The Hall–Kier alpha value is -2.67. The van der Waals surface area contributed by atoms with Crippen LogP contribution in [-0.4, -0.2) is 30.6 Å². The van der Waals surface area contributed by atoms with Crippen LogP contribution in [0.1, 0.15) is 17.5 Å². The second-order valence-corrected chi connectivity index (χ2v) is 4.80. The first-order valence-electron chi connectivity index (χ1n) is 6.65. The van der Waals surface area contributed by atoms with Gasteiger partial charge in [0.15, 0.2) is 5.76 Å². The van der Waals surface area contributed by atoms with E-state index in [4.69, 9.17) is 9.15 Å². The topological polar surface area (TPSA) is 94.6 Å². The van der Waals surface area contributed by atoms with Gasteiger partial charge in [-0.2, -0.15) is 0 Å². The lowest BCUT2D eigenvalue weighted by Gasteiger charge is -2.11. The highest BCUT2D eigenvalue weighted by Crippen LogP contribution is 2.24. The van der Waals surface area contributed by atoms with Crippen molar-refractivity contribution in [2.75, 3.05) is 13.7 Å². The van der Waals surface area contributed by atoms with Gasteiger partial charge in [0.2, 0.25) is 0 Å². The Labute approximate surface area is 127 Å². The lowest BCUT2D eigenvalue weighted by Crippen LogP contribution is -2.35. The van der Waals surface area contributed by atoms with Crippen LogP contribution in [-0.2, 0) is 4.74 Å². The molecule has 1 amide bonds. The van der Waals surface area contributed by atoms with Gasteiger partial charge in [-0.25, -0.2) is 0 Å². The molecule has 7 nitrogen and oxygen atoms in total. The molecule has 0 saturated heterocycles. The first kappa shape index (κ1) is 15.7. The number of nitro groups is 1. The second kappa shape index (κ2) is 6.86. The Morgan fingerprint density at radius 2 is 2.00 bits per heavy atom. The number of ether oxygens (including phenoxy) is 1. The molecule has 0 aliphatic carbocycles. The summed E-state index contributed by atoms with van der Waals surface area (Å²) in [5, 5.41) is 13.4. The van der Waals surface area contributed by atoms with Gasteiger partial charge in [-0.05, 0) is 31.2 Å². The van der Waals surface area contributed by atoms with Gasteiger partial charge in [0.05, 0.1) is 11.5 Å². The number of rotatable bonds is 6. The van der Waals surface area contributed by atoms with Crippen LogP contribution in [0.2, 0.25) is 0 Å². The minimum atomic E-state index is -0.470. The smallest absolute Gasteiger partial charge is 0.287 e. The first-order valence-corrected chi connectivity index (χ1v) is 6.65. The van der Waals surface area contributed by atoms with Crippen molar-refractivity contribution in [3.8, 4) is 11.3 Å². The van der Waals surface area contributed by atoms with E-state index in [9.17, 15) is 14.9 Å². The molecule has 0 bridgehead atoms. The minimum Gasteiger partial charge on any atom is -0.451 e. The molecule has 1 aromatic heterocycles. The molecule has 2 aromatic rings. The summed E-state index contributed by atoms with van der Waals surface area (Å²) in [6.07, 6.45) is 0. The van der Waals surface area contributed by atoms with E-state index in [1.165, 1.54) is 12.1 Å². The standard InChI is InChI=1S/C15H16N2O5/c1-10(9-21-2)16-15(18)14-8-7-13(22-14)11-3-5-12(6-4-11)17(19)20/h3-8,10H,9H2,1-2H3,(H,16,18). The Kier molecular flexibility index (Phi) is 4.90. The van der Waals surface area contributed by atoms with Crippen LogP contribution < -0.4 is 5.32 Å². The number of hydrogen-bond donors (Lipinski definition) is 1. The predicted molar refractivity (Wildman–Crippen MR) is 79.6 cm³/mol. The molecular formula is C15H16N2O5. The maximum atomic E-state index is 12.0. The van der Waals surface area contributed by atoms with E-state index >= 15 is 0 Å². The maximum absolute atomic E-state index is 12.0. The van der Waals surface area contributed by atoms with E-state index < -0.39 is 4.92 Å². The zero-order chi connectivity index (χ0) is 16.1. The van der Waals surface area contributed by atoms with Crippen molar-refractivity contribution in [3.63, 3.8) is 0 Å². The summed E-state index contributed by atoms with van der Waals surface area (Å²) in [5.41, 5.74) is 0.663. The largest absolute Gasteiger partial charge is 0.451 e. The highest BCUT2D eigenvalue weighted by atomic mass is 16.6. The summed E-state index contributed by atoms with van der Waals surface area (Å²) < 4.78 is 10.4. The number of methoxy groups -OCH3 is 1. The molecule has 0 aliphatic heterocycles. The third-order valence-corrected chi connectivity index (χ3v) is 2.99. The number of furan rings is 1. The molecule has 1 heterocycles. The van der Waals surface area contributed by atoms with Crippen molar-refractivity contribution < 1.29 is 18.9 Å². The van der Waals surface area contributed by atoms with Gasteiger partial charge in [-0.1, -0.05) is 0 Å². The third-order valence-electron chi connectivity index (χ3n) is 2.99. The lowest BCUT2D eigenvalue weighted by molar-refractivity contribution is -0.384. The normalized spacial score (nSPS) is 11.9. The zero-order valence-electron chi connectivity index (χ0n) is 12.2. The van der Waals surface area contributed by atoms with Crippen LogP contribution in [0.3, 0.4) is 0 Å². The van der Waals surface area contributed by atoms with Gasteiger partial charge < -0.3 is 14.5 Å². The summed E-state index contributed by atoms with van der Waals surface area (Å²) in [4.78, 5) is 22.1. The quantitative estimate of drug-likeness (QED) is 0.654. The van der Waals surface area contributed by atoms with Crippen LogP contribution in [0.4, 0.5) is 5.69 Å². The predicted octanol–water partition coefficient (Wildman–Crippen LogP) is 2.62. The molecule has 0 radical (unpaired) electrons. The van der Waals surface area contributed by atoms with Crippen LogP contribution >= 0.6 is 0 Å². The minimum absolute atomic E-state index is 0.00154. The third kappa shape index (κ3) is 3.70. The molecule has 0 spiro atoms. The number of nitro benzene ring substituents is 1. The average molecular weight is 304 g/mol. The van der Waals surface area contributed by atoms with Crippen molar-refractivity contribution in [2.24, 2.45) is 0 Å². The number of carbonyl (C=O) groups excluding carboxylic acids is 1. The molecule has 116 valence electrons. The number of nitrogens with zero attached hydrogens (tertiary/aromatic N) is 1.